The predicted octanol–water partition coefficient (Wildman–Crippen LogP) is 4.84. The van der Waals surface area contributed by atoms with E-state index in [1.165, 1.54) is 54.5 Å². The van der Waals surface area contributed by atoms with Crippen LogP contribution >= 0.6 is 11.6 Å². The predicted molar refractivity (Wildman–Crippen MR) is 123 cm³/mol. The average Bonchev–Trinajstić information content (AvgIpc) is 2.75. The molecule has 3 aromatic carbocycles. The van der Waals surface area contributed by atoms with Crippen LogP contribution in [0.25, 0.3) is 0 Å². The molecule has 0 atom stereocenters. The lowest BCUT2D eigenvalue weighted by Crippen LogP contribution is -2.33. The van der Waals surface area contributed by atoms with Gasteiger partial charge in [0.2, 0.25) is 0 Å². The summed E-state index contributed by atoms with van der Waals surface area (Å²) in [6.07, 6.45) is 0. The molecule has 0 unspecified atom stereocenters. The van der Waals surface area contributed by atoms with Gasteiger partial charge in [0.15, 0.2) is 0 Å². The van der Waals surface area contributed by atoms with Crippen molar-refractivity contribution in [2.45, 2.75) is 18.4 Å². The third kappa shape index (κ3) is 6.31. The number of aryl methyl sites for hydroxylation is 1. The zero-order valence-electron chi connectivity index (χ0n) is 18.1. The van der Waals surface area contributed by atoms with Crippen molar-refractivity contribution in [1.29, 1.82) is 0 Å². The maximum absolute atomic E-state index is 13.6. The van der Waals surface area contributed by atoms with E-state index in [4.69, 9.17) is 20.5 Å². The third-order valence-electron chi connectivity index (χ3n) is 4.82. The van der Waals surface area contributed by atoms with Crippen LogP contribution in [-0.2, 0) is 21.4 Å². The second-order valence-electron chi connectivity index (χ2n) is 7.30. The molecule has 0 fully saturated rings. The Morgan fingerprint density at radius 2 is 1.79 bits per heavy atom. The SMILES string of the molecule is COCCN(Cc1cccc(OS(=O)(=O)c2c(C)cccc2Cl)c1)C(=O)c1cccc(F)c1. The lowest BCUT2D eigenvalue weighted by Gasteiger charge is -2.23. The van der Waals surface area contributed by atoms with Crippen molar-refractivity contribution in [3.63, 3.8) is 0 Å². The van der Waals surface area contributed by atoms with Crippen LogP contribution in [0.1, 0.15) is 21.5 Å². The second kappa shape index (κ2) is 10.8. The van der Waals surface area contributed by atoms with Crippen LogP contribution in [0.2, 0.25) is 5.02 Å². The monoisotopic (exact) mass is 491 g/mol. The Bertz CT molecular complexity index is 1230. The molecule has 33 heavy (non-hydrogen) atoms. The molecule has 0 heterocycles. The molecule has 1 amide bonds. The summed E-state index contributed by atoms with van der Waals surface area (Å²) < 4.78 is 49.7. The molecule has 0 aliphatic carbocycles. The number of halogens is 2. The number of methoxy groups -OCH3 is 1. The van der Waals surface area contributed by atoms with Crippen molar-refractivity contribution in [3.05, 3.63) is 94.3 Å². The molecule has 3 aromatic rings. The van der Waals surface area contributed by atoms with E-state index >= 15 is 0 Å². The molecule has 174 valence electrons. The molecule has 3 rings (SSSR count). The van der Waals surface area contributed by atoms with Gasteiger partial charge in [-0.2, -0.15) is 8.42 Å². The molecule has 9 heteroatoms. The van der Waals surface area contributed by atoms with E-state index in [0.29, 0.717) is 11.1 Å². The van der Waals surface area contributed by atoms with Crippen molar-refractivity contribution in [3.8, 4) is 5.75 Å². The number of rotatable bonds is 9. The van der Waals surface area contributed by atoms with Gasteiger partial charge in [0.25, 0.3) is 5.91 Å². The summed E-state index contributed by atoms with van der Waals surface area (Å²) in [7, 11) is -2.66. The van der Waals surface area contributed by atoms with Gasteiger partial charge < -0.3 is 13.8 Å². The van der Waals surface area contributed by atoms with Crippen LogP contribution < -0.4 is 4.18 Å². The van der Waals surface area contributed by atoms with E-state index in [0.717, 1.165) is 0 Å². The first kappa shape index (κ1) is 24.7. The fourth-order valence-corrected chi connectivity index (χ4v) is 4.99. The first-order valence-corrected chi connectivity index (χ1v) is 11.8. The lowest BCUT2D eigenvalue weighted by molar-refractivity contribution is 0.0680. The molecular formula is C24H23ClFNO5S. The van der Waals surface area contributed by atoms with E-state index in [9.17, 15) is 17.6 Å². The molecule has 6 nitrogen and oxygen atoms in total. The number of benzene rings is 3. The second-order valence-corrected chi connectivity index (χ2v) is 9.19. The minimum Gasteiger partial charge on any atom is -0.383 e. The molecule has 0 saturated carbocycles. The summed E-state index contributed by atoms with van der Waals surface area (Å²) in [4.78, 5) is 14.3. The van der Waals surface area contributed by atoms with Crippen LogP contribution in [0.5, 0.6) is 5.75 Å². The van der Waals surface area contributed by atoms with Gasteiger partial charge in [0.05, 0.1) is 11.6 Å². The van der Waals surface area contributed by atoms with Crippen LogP contribution in [0.4, 0.5) is 4.39 Å². The third-order valence-corrected chi connectivity index (χ3v) is 6.70. The van der Waals surface area contributed by atoms with Gasteiger partial charge in [-0.05, 0) is 54.4 Å². The molecule has 0 bridgehead atoms. The van der Waals surface area contributed by atoms with Crippen molar-refractivity contribution < 1.29 is 26.5 Å². The van der Waals surface area contributed by atoms with Crippen molar-refractivity contribution in [1.82, 2.24) is 4.90 Å². The molecular weight excluding hydrogens is 469 g/mol. The van der Waals surface area contributed by atoms with Gasteiger partial charge in [-0.1, -0.05) is 41.9 Å². The number of ether oxygens (including phenoxy) is 1. The zero-order valence-corrected chi connectivity index (χ0v) is 19.7. The molecule has 0 aliphatic heterocycles. The highest BCUT2D eigenvalue weighted by Crippen LogP contribution is 2.28. The van der Waals surface area contributed by atoms with E-state index < -0.39 is 15.9 Å². The van der Waals surface area contributed by atoms with Crippen LogP contribution in [0, 0.1) is 12.7 Å². The fourth-order valence-electron chi connectivity index (χ4n) is 3.28. The molecule has 0 aromatic heterocycles. The van der Waals surface area contributed by atoms with E-state index in [2.05, 4.69) is 0 Å². The standard InChI is InChI=1S/C24H23ClFNO5S/c1-17-6-3-11-22(25)23(17)33(29,30)32-21-10-4-7-18(14-21)16-27(12-13-31-2)24(28)19-8-5-9-20(26)15-19/h3-11,14-15H,12-13,16H2,1-2H3. The quantitative estimate of drug-likeness (QED) is 0.400. The van der Waals surface area contributed by atoms with Gasteiger partial charge in [-0.3, -0.25) is 4.79 Å². The molecule has 0 aliphatic rings. The Labute approximate surface area is 197 Å². The number of hydrogen-bond donors (Lipinski definition) is 0. The summed E-state index contributed by atoms with van der Waals surface area (Å²) in [6.45, 7) is 2.30. The maximum Gasteiger partial charge on any atom is 0.340 e. The zero-order chi connectivity index (χ0) is 24.0. The summed E-state index contributed by atoms with van der Waals surface area (Å²) in [5, 5.41) is 0.0672. The van der Waals surface area contributed by atoms with E-state index in [1.54, 1.807) is 31.2 Å². The molecule has 0 radical (unpaired) electrons. The fraction of sp³-hybridized carbons (Fsp3) is 0.208. The van der Waals surface area contributed by atoms with Crippen LogP contribution in [0.3, 0.4) is 0 Å². The minimum absolute atomic E-state index is 0.0672. The minimum atomic E-state index is -4.17. The first-order chi connectivity index (χ1) is 15.7. The van der Waals surface area contributed by atoms with Gasteiger partial charge in [-0.15, -0.1) is 0 Å². The van der Waals surface area contributed by atoms with Crippen LogP contribution in [-0.4, -0.2) is 39.5 Å². The van der Waals surface area contributed by atoms with Gasteiger partial charge in [0, 0.05) is 25.8 Å². The van der Waals surface area contributed by atoms with Gasteiger partial charge in [-0.25, -0.2) is 4.39 Å². The van der Waals surface area contributed by atoms with Crippen LogP contribution in [0.15, 0.2) is 71.6 Å². The Morgan fingerprint density at radius 1 is 1.06 bits per heavy atom. The van der Waals surface area contributed by atoms with Crippen molar-refractivity contribution in [2.24, 2.45) is 0 Å². The topological polar surface area (TPSA) is 72.9 Å². The number of nitrogens with zero attached hydrogens (tertiary/aromatic N) is 1. The van der Waals surface area contributed by atoms with Crippen molar-refractivity contribution in [2.75, 3.05) is 20.3 Å². The van der Waals surface area contributed by atoms with Crippen molar-refractivity contribution >= 4 is 27.6 Å². The Balaban J connectivity index is 1.84. The molecule has 0 saturated heterocycles. The Hall–Kier alpha value is -2.94. The highest BCUT2D eigenvalue weighted by molar-refractivity contribution is 7.87. The lowest BCUT2D eigenvalue weighted by atomic mass is 10.1. The van der Waals surface area contributed by atoms with E-state index in [-0.39, 0.29) is 46.8 Å². The first-order valence-electron chi connectivity index (χ1n) is 10.0. The number of hydrogen-bond acceptors (Lipinski definition) is 5. The molecule has 0 spiro atoms. The van der Waals surface area contributed by atoms with E-state index in [1.807, 2.05) is 0 Å². The largest absolute Gasteiger partial charge is 0.383 e. The normalized spacial score (nSPS) is 11.3. The Morgan fingerprint density at radius 3 is 2.48 bits per heavy atom. The number of amides is 1. The number of carbonyl (C=O) groups excluding carboxylic acids is 1. The number of carbonyl (C=O) groups is 1. The van der Waals surface area contributed by atoms with Gasteiger partial charge in [0.1, 0.15) is 16.5 Å². The summed E-state index contributed by atoms with van der Waals surface area (Å²) in [6, 6.07) is 16.6. The van der Waals surface area contributed by atoms with Gasteiger partial charge >= 0.3 is 10.1 Å². The summed E-state index contributed by atoms with van der Waals surface area (Å²) >= 11 is 6.09. The maximum atomic E-state index is 13.6. The molecule has 0 N–H and O–H groups in total. The average molecular weight is 492 g/mol. The smallest absolute Gasteiger partial charge is 0.340 e. The highest BCUT2D eigenvalue weighted by Gasteiger charge is 2.23. The summed E-state index contributed by atoms with van der Waals surface area (Å²) in [5.74, 6) is -0.808. The Kier molecular flexibility index (Phi) is 8.07. The highest BCUT2D eigenvalue weighted by atomic mass is 35.5. The summed E-state index contributed by atoms with van der Waals surface area (Å²) in [5.41, 5.74) is 1.29.